The molecule has 2 aromatic heterocycles. The highest BCUT2D eigenvalue weighted by molar-refractivity contribution is 7.09. The van der Waals surface area contributed by atoms with Crippen molar-refractivity contribution in [2.24, 2.45) is 0 Å². The number of piperazine rings is 1. The van der Waals surface area contributed by atoms with Crippen molar-refractivity contribution in [1.82, 2.24) is 25.0 Å². The van der Waals surface area contributed by atoms with Gasteiger partial charge in [0.25, 0.3) is 5.91 Å². The van der Waals surface area contributed by atoms with Gasteiger partial charge < -0.3 is 9.64 Å². The molecule has 0 bridgehead atoms. The molecule has 24 heavy (non-hydrogen) atoms. The molecule has 1 aliphatic heterocycles. The summed E-state index contributed by atoms with van der Waals surface area (Å²) in [6.07, 6.45) is 1.66. The quantitative estimate of drug-likeness (QED) is 0.862. The summed E-state index contributed by atoms with van der Waals surface area (Å²) in [5.74, 6) is 0.0219. The summed E-state index contributed by atoms with van der Waals surface area (Å²) >= 11 is 1.65. The van der Waals surface area contributed by atoms with E-state index in [9.17, 15) is 4.79 Å². The molecule has 0 aliphatic carbocycles. The second-order valence-corrected chi connectivity index (χ2v) is 6.70. The number of rotatable bonds is 6. The molecule has 3 heterocycles. The fourth-order valence-electron chi connectivity index (χ4n) is 2.79. The standard InChI is InChI=1S/C16H23N5O2S/c1-3-23-12(2)15-18-13(11-24-15)10-20-6-8-21(9-7-20)16(22)14-4-5-17-19-14/h4-5,11-12H,3,6-10H2,1-2H3,(H,17,19)/t12-/m0/s1. The molecule has 0 unspecified atom stereocenters. The number of thiazole rings is 1. The molecule has 1 aliphatic rings. The maximum Gasteiger partial charge on any atom is 0.271 e. The molecule has 0 saturated carbocycles. The predicted octanol–water partition coefficient (Wildman–Crippen LogP) is 1.92. The highest BCUT2D eigenvalue weighted by Crippen LogP contribution is 2.22. The van der Waals surface area contributed by atoms with Crippen LogP contribution in [0.1, 0.15) is 41.1 Å². The molecule has 2 aromatic rings. The van der Waals surface area contributed by atoms with Crippen LogP contribution in [0, 0.1) is 0 Å². The topological polar surface area (TPSA) is 74.3 Å². The third-order valence-electron chi connectivity index (χ3n) is 4.11. The molecule has 1 fully saturated rings. The van der Waals surface area contributed by atoms with Gasteiger partial charge in [-0.15, -0.1) is 11.3 Å². The molecule has 1 saturated heterocycles. The highest BCUT2D eigenvalue weighted by Gasteiger charge is 2.23. The van der Waals surface area contributed by atoms with E-state index in [4.69, 9.17) is 4.74 Å². The molecule has 7 nitrogen and oxygen atoms in total. The van der Waals surface area contributed by atoms with E-state index in [0.29, 0.717) is 12.3 Å². The molecule has 8 heteroatoms. The Kier molecular flexibility index (Phi) is 5.60. The van der Waals surface area contributed by atoms with Gasteiger partial charge >= 0.3 is 0 Å². The van der Waals surface area contributed by atoms with E-state index in [1.54, 1.807) is 23.6 Å². The van der Waals surface area contributed by atoms with Gasteiger partial charge in [0.05, 0.1) is 5.69 Å². The number of hydrogen-bond donors (Lipinski definition) is 1. The summed E-state index contributed by atoms with van der Waals surface area (Å²) in [6.45, 7) is 8.71. The monoisotopic (exact) mass is 349 g/mol. The SMILES string of the molecule is CCO[C@@H](C)c1nc(CN2CCN(C(=O)c3ccn[nH]3)CC2)cs1. The Balaban J connectivity index is 1.50. The number of nitrogens with one attached hydrogen (secondary N) is 1. The average Bonchev–Trinajstić information content (AvgIpc) is 3.27. The number of carbonyl (C=O) groups is 1. The molecular formula is C16H23N5O2S. The van der Waals surface area contributed by atoms with Crippen LogP contribution in [0.25, 0.3) is 0 Å². The Morgan fingerprint density at radius 2 is 2.21 bits per heavy atom. The molecule has 130 valence electrons. The van der Waals surface area contributed by atoms with E-state index < -0.39 is 0 Å². The Bertz CT molecular complexity index is 649. The number of ether oxygens (including phenoxy) is 1. The van der Waals surface area contributed by atoms with Crippen LogP contribution in [-0.4, -0.2) is 63.7 Å². The minimum Gasteiger partial charge on any atom is -0.372 e. The Morgan fingerprint density at radius 3 is 2.88 bits per heavy atom. The number of aromatic amines is 1. The zero-order valence-corrected chi connectivity index (χ0v) is 14.9. The molecule has 1 atom stereocenters. The summed E-state index contributed by atoms with van der Waals surface area (Å²) < 4.78 is 5.59. The summed E-state index contributed by atoms with van der Waals surface area (Å²) in [5, 5.41) is 9.70. The van der Waals surface area contributed by atoms with Crippen molar-refractivity contribution < 1.29 is 9.53 Å². The molecule has 1 amide bonds. The van der Waals surface area contributed by atoms with Gasteiger partial charge in [-0.25, -0.2) is 4.98 Å². The molecular weight excluding hydrogens is 326 g/mol. The summed E-state index contributed by atoms with van der Waals surface area (Å²) in [4.78, 5) is 21.2. The van der Waals surface area contributed by atoms with Crippen molar-refractivity contribution in [3.63, 3.8) is 0 Å². The van der Waals surface area contributed by atoms with E-state index >= 15 is 0 Å². The van der Waals surface area contributed by atoms with Gasteiger partial charge in [0.15, 0.2) is 0 Å². The lowest BCUT2D eigenvalue weighted by Crippen LogP contribution is -2.48. The predicted molar refractivity (Wildman–Crippen MR) is 91.9 cm³/mol. The fourth-order valence-corrected chi connectivity index (χ4v) is 3.60. The third kappa shape index (κ3) is 4.00. The Morgan fingerprint density at radius 1 is 1.42 bits per heavy atom. The van der Waals surface area contributed by atoms with Gasteiger partial charge in [-0.3, -0.25) is 14.8 Å². The molecule has 0 spiro atoms. The van der Waals surface area contributed by atoms with Crippen LogP contribution in [0.5, 0.6) is 0 Å². The maximum atomic E-state index is 12.3. The second kappa shape index (κ2) is 7.87. The van der Waals surface area contributed by atoms with Crippen LogP contribution in [0.3, 0.4) is 0 Å². The fraction of sp³-hybridized carbons (Fsp3) is 0.562. The lowest BCUT2D eigenvalue weighted by atomic mass is 10.2. The zero-order valence-electron chi connectivity index (χ0n) is 14.1. The molecule has 3 rings (SSSR count). The van der Waals surface area contributed by atoms with Gasteiger partial charge in [-0.2, -0.15) is 5.10 Å². The van der Waals surface area contributed by atoms with E-state index in [2.05, 4.69) is 25.5 Å². The van der Waals surface area contributed by atoms with E-state index in [1.807, 2.05) is 18.7 Å². The van der Waals surface area contributed by atoms with Crippen molar-refractivity contribution in [3.05, 3.63) is 34.0 Å². The van der Waals surface area contributed by atoms with Gasteiger partial charge in [0.1, 0.15) is 16.8 Å². The first kappa shape index (κ1) is 17.1. The first-order chi connectivity index (χ1) is 11.7. The van der Waals surface area contributed by atoms with Crippen molar-refractivity contribution in [1.29, 1.82) is 0 Å². The van der Waals surface area contributed by atoms with Crippen LogP contribution in [0.4, 0.5) is 0 Å². The average molecular weight is 349 g/mol. The second-order valence-electron chi connectivity index (χ2n) is 5.81. The van der Waals surface area contributed by atoms with Gasteiger partial charge in [-0.1, -0.05) is 0 Å². The smallest absolute Gasteiger partial charge is 0.271 e. The van der Waals surface area contributed by atoms with Crippen LogP contribution in [-0.2, 0) is 11.3 Å². The molecule has 1 N–H and O–H groups in total. The third-order valence-corrected chi connectivity index (χ3v) is 5.16. The van der Waals surface area contributed by atoms with Gasteiger partial charge in [-0.05, 0) is 19.9 Å². The number of carbonyl (C=O) groups excluding carboxylic acids is 1. The lowest BCUT2D eigenvalue weighted by molar-refractivity contribution is 0.0619. The number of hydrogen-bond acceptors (Lipinski definition) is 6. The van der Waals surface area contributed by atoms with E-state index in [-0.39, 0.29) is 12.0 Å². The number of amides is 1. The maximum absolute atomic E-state index is 12.3. The number of H-pyrrole nitrogens is 1. The van der Waals surface area contributed by atoms with Crippen molar-refractivity contribution in [3.8, 4) is 0 Å². The summed E-state index contributed by atoms with van der Waals surface area (Å²) in [5.41, 5.74) is 1.63. The van der Waals surface area contributed by atoms with Crippen LogP contribution >= 0.6 is 11.3 Å². The largest absolute Gasteiger partial charge is 0.372 e. The first-order valence-electron chi connectivity index (χ1n) is 8.24. The van der Waals surface area contributed by atoms with E-state index in [0.717, 1.165) is 43.4 Å². The van der Waals surface area contributed by atoms with E-state index in [1.165, 1.54) is 0 Å². The lowest BCUT2D eigenvalue weighted by Gasteiger charge is -2.34. The van der Waals surface area contributed by atoms with Crippen molar-refractivity contribution in [2.45, 2.75) is 26.5 Å². The van der Waals surface area contributed by atoms with Crippen molar-refractivity contribution in [2.75, 3.05) is 32.8 Å². The first-order valence-corrected chi connectivity index (χ1v) is 9.12. The number of aromatic nitrogens is 3. The Hall–Kier alpha value is -1.77. The highest BCUT2D eigenvalue weighted by atomic mass is 32.1. The Labute approximate surface area is 145 Å². The van der Waals surface area contributed by atoms with Crippen molar-refractivity contribution >= 4 is 17.2 Å². The van der Waals surface area contributed by atoms with Crippen LogP contribution in [0.2, 0.25) is 0 Å². The normalized spacial score (nSPS) is 17.2. The van der Waals surface area contributed by atoms with Gasteiger partial charge in [0.2, 0.25) is 0 Å². The zero-order chi connectivity index (χ0) is 16.9. The summed E-state index contributed by atoms with van der Waals surface area (Å²) in [6, 6.07) is 1.71. The molecule has 0 radical (unpaired) electrons. The molecule has 0 aromatic carbocycles. The summed E-state index contributed by atoms with van der Waals surface area (Å²) in [7, 11) is 0. The van der Waals surface area contributed by atoms with Crippen LogP contribution in [0.15, 0.2) is 17.6 Å². The van der Waals surface area contributed by atoms with Crippen LogP contribution < -0.4 is 0 Å². The van der Waals surface area contributed by atoms with Gasteiger partial charge in [0, 0.05) is 50.9 Å². The minimum atomic E-state index is 0.0219. The number of nitrogens with zero attached hydrogens (tertiary/aromatic N) is 4. The minimum absolute atomic E-state index is 0.0219.